The van der Waals surface area contributed by atoms with Crippen LogP contribution in [-0.2, 0) is 5.41 Å². The van der Waals surface area contributed by atoms with E-state index in [1.807, 2.05) is 11.3 Å². The summed E-state index contributed by atoms with van der Waals surface area (Å²) in [5, 5.41) is 7.49. The second-order valence-electron chi connectivity index (χ2n) is 17.2. The van der Waals surface area contributed by atoms with Crippen molar-refractivity contribution >= 4 is 64.1 Å². The molecule has 1 aliphatic carbocycles. The molecule has 9 aromatic carbocycles. The third-order valence-corrected chi connectivity index (χ3v) is 14.3. The molecular weight excluding hydrogens is 785 g/mol. The third kappa shape index (κ3) is 5.56. The highest BCUT2D eigenvalue weighted by atomic mass is 32.1. The molecule has 0 bridgehead atoms. The maximum Gasteiger partial charge on any atom is 0.164 e. The van der Waals surface area contributed by atoms with Crippen molar-refractivity contribution in [1.82, 2.24) is 19.5 Å². The van der Waals surface area contributed by atoms with Crippen molar-refractivity contribution in [2.45, 2.75) is 19.3 Å². The Bertz CT molecular complexity index is 3840. The van der Waals surface area contributed by atoms with Crippen LogP contribution in [0.1, 0.15) is 25.0 Å². The molecule has 3 heterocycles. The zero-order valence-electron chi connectivity index (χ0n) is 34.7. The lowest BCUT2D eigenvalue weighted by atomic mass is 9.82. The maximum absolute atomic E-state index is 5.35. The molecule has 63 heavy (non-hydrogen) atoms. The summed E-state index contributed by atoms with van der Waals surface area (Å²) in [5.41, 5.74) is 13.7. The van der Waals surface area contributed by atoms with Crippen LogP contribution in [0.15, 0.2) is 194 Å². The van der Waals surface area contributed by atoms with Gasteiger partial charge in [-0.3, -0.25) is 0 Å². The lowest BCUT2D eigenvalue weighted by molar-refractivity contribution is 0.660. The predicted molar refractivity (Wildman–Crippen MR) is 264 cm³/mol. The summed E-state index contributed by atoms with van der Waals surface area (Å²) in [6, 6.07) is 70.1. The first-order chi connectivity index (χ1) is 31.0. The van der Waals surface area contributed by atoms with Crippen LogP contribution in [0.5, 0.6) is 0 Å². The normalized spacial score (nSPS) is 13.0. The van der Waals surface area contributed by atoms with E-state index >= 15 is 0 Å². The largest absolute Gasteiger partial charge is 0.309 e. The number of aromatic nitrogens is 4. The highest BCUT2D eigenvalue weighted by Crippen LogP contribution is 2.52. The van der Waals surface area contributed by atoms with Crippen molar-refractivity contribution in [2.24, 2.45) is 0 Å². The zero-order chi connectivity index (χ0) is 41.8. The Morgan fingerprint density at radius 2 is 1.02 bits per heavy atom. The molecule has 0 unspecified atom stereocenters. The van der Waals surface area contributed by atoms with Gasteiger partial charge in [-0.05, 0) is 86.6 Å². The molecule has 13 rings (SSSR count). The van der Waals surface area contributed by atoms with Crippen LogP contribution in [-0.4, -0.2) is 19.5 Å². The van der Waals surface area contributed by atoms with Crippen LogP contribution >= 0.6 is 11.3 Å². The van der Waals surface area contributed by atoms with Crippen LogP contribution in [0, 0.1) is 0 Å². The monoisotopic (exact) mass is 822 g/mol. The van der Waals surface area contributed by atoms with E-state index in [2.05, 4.69) is 213 Å². The Hall–Kier alpha value is -7.73. The van der Waals surface area contributed by atoms with Gasteiger partial charge in [0, 0.05) is 58.7 Å². The average molecular weight is 823 g/mol. The predicted octanol–water partition coefficient (Wildman–Crippen LogP) is 15.5. The van der Waals surface area contributed by atoms with E-state index in [1.165, 1.54) is 75.0 Å². The fourth-order valence-electron chi connectivity index (χ4n) is 10.1. The SMILES string of the molecule is CC1(C)c2ccccc2-c2c(-c3nc(-c4cccc(-c5ccccc5)c4)nc(-c4ccc5c(c4)sc4cc(-n6c7ccccc7c7cc8ccccc8cc76)ccc45)n3)cccc21. The number of fused-ring (bicyclic) bond motifs is 10. The second kappa shape index (κ2) is 13.6. The van der Waals surface area contributed by atoms with Gasteiger partial charge in [-0.25, -0.2) is 15.0 Å². The first-order valence-electron chi connectivity index (χ1n) is 21.5. The van der Waals surface area contributed by atoms with Crippen LogP contribution in [0.3, 0.4) is 0 Å². The topological polar surface area (TPSA) is 43.6 Å². The van der Waals surface area contributed by atoms with Crippen molar-refractivity contribution in [2.75, 3.05) is 0 Å². The number of hydrogen-bond donors (Lipinski definition) is 0. The maximum atomic E-state index is 5.35. The minimum Gasteiger partial charge on any atom is -0.309 e. The Kier molecular flexibility index (Phi) is 7.79. The van der Waals surface area contributed by atoms with Crippen LogP contribution < -0.4 is 0 Å². The molecular formula is C58H38N4S. The fraction of sp³-hybridized carbons (Fsp3) is 0.0517. The van der Waals surface area contributed by atoms with Crippen molar-refractivity contribution in [3.8, 4) is 62.1 Å². The summed E-state index contributed by atoms with van der Waals surface area (Å²) in [7, 11) is 0. The van der Waals surface area contributed by atoms with Gasteiger partial charge >= 0.3 is 0 Å². The van der Waals surface area contributed by atoms with Crippen LogP contribution in [0.25, 0.3) is 115 Å². The Morgan fingerprint density at radius 1 is 0.397 bits per heavy atom. The first-order valence-corrected chi connectivity index (χ1v) is 22.3. The second-order valence-corrected chi connectivity index (χ2v) is 18.3. The Morgan fingerprint density at radius 3 is 1.87 bits per heavy atom. The lowest BCUT2D eigenvalue weighted by Crippen LogP contribution is -2.14. The number of rotatable bonds is 5. The molecule has 0 radical (unpaired) electrons. The highest BCUT2D eigenvalue weighted by molar-refractivity contribution is 7.25. The van der Waals surface area contributed by atoms with E-state index in [0.29, 0.717) is 17.5 Å². The van der Waals surface area contributed by atoms with E-state index in [0.717, 1.165) is 33.5 Å². The minimum absolute atomic E-state index is 0.146. The summed E-state index contributed by atoms with van der Waals surface area (Å²) < 4.78 is 4.85. The number of benzene rings is 9. The molecule has 0 spiro atoms. The molecule has 0 N–H and O–H groups in total. The fourth-order valence-corrected chi connectivity index (χ4v) is 11.3. The van der Waals surface area contributed by atoms with Crippen molar-refractivity contribution < 1.29 is 0 Å². The molecule has 0 aliphatic heterocycles. The van der Waals surface area contributed by atoms with Gasteiger partial charge in [0.1, 0.15) is 0 Å². The molecule has 296 valence electrons. The Labute approximate surface area is 368 Å². The highest BCUT2D eigenvalue weighted by Gasteiger charge is 2.37. The summed E-state index contributed by atoms with van der Waals surface area (Å²) in [4.78, 5) is 15.9. The smallest absolute Gasteiger partial charge is 0.164 e. The van der Waals surface area contributed by atoms with Gasteiger partial charge in [0.15, 0.2) is 17.5 Å². The first kappa shape index (κ1) is 36.0. The molecule has 5 heteroatoms. The quantitative estimate of drug-likeness (QED) is 0.174. The third-order valence-electron chi connectivity index (χ3n) is 13.2. The van der Waals surface area contributed by atoms with Gasteiger partial charge in [-0.2, -0.15) is 0 Å². The van der Waals surface area contributed by atoms with Crippen LogP contribution in [0.2, 0.25) is 0 Å². The summed E-state index contributed by atoms with van der Waals surface area (Å²) in [6.07, 6.45) is 0. The van der Waals surface area contributed by atoms with Crippen molar-refractivity contribution in [3.63, 3.8) is 0 Å². The van der Waals surface area contributed by atoms with Crippen molar-refractivity contribution in [3.05, 3.63) is 205 Å². The minimum atomic E-state index is -0.146. The molecule has 12 aromatic rings. The van der Waals surface area contributed by atoms with E-state index in [1.54, 1.807) is 0 Å². The number of thiophene rings is 1. The number of hydrogen-bond acceptors (Lipinski definition) is 4. The van der Waals surface area contributed by atoms with Gasteiger partial charge < -0.3 is 4.57 Å². The van der Waals surface area contributed by atoms with E-state index < -0.39 is 0 Å². The van der Waals surface area contributed by atoms with E-state index in [9.17, 15) is 0 Å². The zero-order valence-corrected chi connectivity index (χ0v) is 35.5. The molecule has 3 aromatic heterocycles. The summed E-state index contributed by atoms with van der Waals surface area (Å²) in [6.45, 7) is 4.63. The van der Waals surface area contributed by atoms with E-state index in [-0.39, 0.29) is 5.41 Å². The van der Waals surface area contributed by atoms with Gasteiger partial charge in [-0.15, -0.1) is 11.3 Å². The van der Waals surface area contributed by atoms with E-state index in [4.69, 9.17) is 15.0 Å². The number of para-hydroxylation sites is 1. The van der Waals surface area contributed by atoms with Gasteiger partial charge in [-0.1, -0.05) is 166 Å². The van der Waals surface area contributed by atoms with Gasteiger partial charge in [0.2, 0.25) is 0 Å². The molecule has 4 nitrogen and oxygen atoms in total. The van der Waals surface area contributed by atoms with Gasteiger partial charge in [0.05, 0.1) is 11.0 Å². The summed E-state index contributed by atoms with van der Waals surface area (Å²) >= 11 is 1.82. The van der Waals surface area contributed by atoms with Crippen molar-refractivity contribution in [1.29, 1.82) is 0 Å². The average Bonchev–Trinajstić information content (AvgIpc) is 3.95. The standard InChI is InChI=1S/C58H38N4S/c1-58(2)48-23-10-8-21-45(48)54-46(22-13-24-49(54)58)57-60-55(39-19-12-18-36(30-39)35-14-4-3-5-15-35)59-56(61-57)40-26-28-43-44-29-27-41(34-53(44)63-52(43)33-40)62-50-25-11-9-20-42(50)47-31-37-16-6-7-17-38(37)32-51(47)62/h3-34H,1-2H3. The number of nitrogens with zero attached hydrogens (tertiary/aromatic N) is 4. The molecule has 0 saturated carbocycles. The lowest BCUT2D eigenvalue weighted by Gasteiger charge is -2.21. The van der Waals surface area contributed by atoms with Gasteiger partial charge in [0.25, 0.3) is 0 Å². The molecule has 0 saturated heterocycles. The van der Waals surface area contributed by atoms with Crippen LogP contribution in [0.4, 0.5) is 0 Å². The molecule has 1 aliphatic rings. The Balaban J connectivity index is 0.978. The summed E-state index contributed by atoms with van der Waals surface area (Å²) in [5.74, 6) is 1.97. The molecule has 0 amide bonds. The molecule has 0 fully saturated rings. The molecule has 0 atom stereocenters.